The van der Waals surface area contributed by atoms with Crippen LogP contribution in [0, 0.1) is 0 Å². The Morgan fingerprint density at radius 1 is 1.08 bits per heavy atom. The maximum absolute atomic E-state index is 13.5. The molecule has 0 saturated carbocycles. The Morgan fingerprint density at radius 3 is 2.57 bits per heavy atom. The van der Waals surface area contributed by atoms with Crippen LogP contribution in [0.15, 0.2) is 54.9 Å². The predicted octanol–water partition coefficient (Wildman–Crippen LogP) is 5.45. The zero-order chi connectivity index (χ0) is 26.2. The van der Waals surface area contributed by atoms with Gasteiger partial charge in [-0.2, -0.15) is 13.2 Å². The van der Waals surface area contributed by atoms with E-state index in [1.54, 1.807) is 19.3 Å². The van der Waals surface area contributed by atoms with Crippen molar-refractivity contribution in [3.8, 4) is 10.8 Å². The molecule has 2 N–H and O–H groups in total. The second kappa shape index (κ2) is 10.4. The number of rotatable bonds is 7. The fraction of sp³-hybridized carbons (Fsp3) is 0.370. The van der Waals surface area contributed by atoms with Gasteiger partial charge in [0.05, 0.1) is 21.5 Å². The van der Waals surface area contributed by atoms with Crippen LogP contribution in [0.3, 0.4) is 0 Å². The van der Waals surface area contributed by atoms with E-state index >= 15 is 0 Å². The molecule has 3 heterocycles. The number of ether oxygens (including phenoxy) is 1. The van der Waals surface area contributed by atoms with Crippen LogP contribution in [0.2, 0.25) is 0 Å². The van der Waals surface area contributed by atoms with Crippen LogP contribution in [0.4, 0.5) is 13.2 Å². The number of aromatic nitrogens is 2. The van der Waals surface area contributed by atoms with E-state index in [-0.39, 0.29) is 12.1 Å². The molecule has 0 radical (unpaired) electrons. The normalized spacial score (nSPS) is 16.4. The number of hydrogen-bond acceptors (Lipinski definition) is 6. The van der Waals surface area contributed by atoms with Crippen molar-refractivity contribution < 1.29 is 17.9 Å². The van der Waals surface area contributed by atoms with Gasteiger partial charge < -0.3 is 15.4 Å². The summed E-state index contributed by atoms with van der Waals surface area (Å²) in [5.74, 6) is 0.488. The zero-order valence-corrected chi connectivity index (χ0v) is 21.6. The summed E-state index contributed by atoms with van der Waals surface area (Å²) in [6, 6.07) is 13.6. The molecule has 37 heavy (non-hydrogen) atoms. The highest BCUT2D eigenvalue weighted by molar-refractivity contribution is 7.14. The second-order valence-corrected chi connectivity index (χ2v) is 10.6. The summed E-state index contributed by atoms with van der Waals surface area (Å²) in [6.07, 6.45) is -3.49. The van der Waals surface area contributed by atoms with Gasteiger partial charge >= 0.3 is 6.18 Å². The SMILES string of the molecule is CC(Oc1cc(-n2cnc3ccc(CN4CCN(C)CC4)cc32)sc1CN)c1ccccc1C(F)(F)F. The molecular formula is C27H30F3N5OS. The van der Waals surface area contributed by atoms with E-state index in [4.69, 9.17) is 10.5 Å². The molecule has 0 bridgehead atoms. The quantitative estimate of drug-likeness (QED) is 0.345. The summed E-state index contributed by atoms with van der Waals surface area (Å²) in [5.41, 5.74) is 8.45. The van der Waals surface area contributed by atoms with Gasteiger partial charge in [-0.3, -0.25) is 9.47 Å². The third kappa shape index (κ3) is 5.52. The van der Waals surface area contributed by atoms with Gasteiger partial charge in [-0.05, 0) is 37.7 Å². The maximum Gasteiger partial charge on any atom is 0.416 e. The van der Waals surface area contributed by atoms with Gasteiger partial charge in [0, 0.05) is 50.9 Å². The third-order valence-corrected chi connectivity index (χ3v) is 7.94. The number of imidazole rings is 1. The Labute approximate surface area is 218 Å². The molecule has 1 saturated heterocycles. The first-order chi connectivity index (χ1) is 17.7. The molecule has 1 fully saturated rings. The van der Waals surface area contributed by atoms with Gasteiger partial charge in [-0.25, -0.2) is 4.98 Å². The molecule has 5 rings (SSSR count). The number of fused-ring (bicyclic) bond motifs is 1. The summed E-state index contributed by atoms with van der Waals surface area (Å²) in [7, 11) is 2.15. The van der Waals surface area contributed by atoms with E-state index in [0.717, 1.165) is 59.7 Å². The number of alkyl halides is 3. The maximum atomic E-state index is 13.5. The van der Waals surface area contributed by atoms with Crippen molar-refractivity contribution in [1.29, 1.82) is 0 Å². The lowest BCUT2D eigenvalue weighted by atomic mass is 10.0. The summed E-state index contributed by atoms with van der Waals surface area (Å²) >= 11 is 1.46. The van der Waals surface area contributed by atoms with Crippen LogP contribution in [0.5, 0.6) is 5.75 Å². The second-order valence-electron chi connectivity index (χ2n) is 9.44. The lowest BCUT2D eigenvalue weighted by Gasteiger charge is -2.32. The van der Waals surface area contributed by atoms with Gasteiger partial charge in [-0.15, -0.1) is 11.3 Å². The minimum atomic E-state index is -4.46. The highest BCUT2D eigenvalue weighted by atomic mass is 32.1. The fourth-order valence-corrected chi connectivity index (χ4v) is 5.67. The van der Waals surface area contributed by atoms with Crippen LogP contribution in [0.1, 0.15) is 34.6 Å². The number of hydrogen-bond donors (Lipinski definition) is 1. The lowest BCUT2D eigenvalue weighted by molar-refractivity contribution is -0.138. The summed E-state index contributed by atoms with van der Waals surface area (Å²) in [6.45, 7) is 6.91. The average molecular weight is 530 g/mol. The Morgan fingerprint density at radius 2 is 1.84 bits per heavy atom. The monoisotopic (exact) mass is 529 g/mol. The molecule has 2 aromatic heterocycles. The van der Waals surface area contributed by atoms with Gasteiger partial charge in [0.25, 0.3) is 0 Å². The molecule has 2 aromatic carbocycles. The Balaban J connectivity index is 1.41. The van der Waals surface area contributed by atoms with Crippen LogP contribution >= 0.6 is 11.3 Å². The number of nitrogens with zero attached hydrogens (tertiary/aromatic N) is 4. The molecule has 1 aliphatic heterocycles. The highest BCUT2D eigenvalue weighted by Gasteiger charge is 2.34. The number of halogens is 3. The van der Waals surface area contributed by atoms with Crippen LogP contribution in [0.25, 0.3) is 16.0 Å². The Kier molecular flexibility index (Phi) is 7.26. The standard InChI is InChI=1S/C27H30F3N5OS/c1-18(20-5-3-4-6-21(20)27(28,29)30)36-24-14-26(37-25(24)15-31)35-17-32-22-8-7-19(13-23(22)35)16-34-11-9-33(2)10-12-34/h3-8,13-14,17-18H,9-12,15-16,31H2,1-2H3. The summed E-state index contributed by atoms with van der Waals surface area (Å²) in [5, 5.41) is 0.853. The molecule has 1 atom stereocenters. The molecule has 10 heteroatoms. The Hall–Kier alpha value is -2.92. The van der Waals surface area contributed by atoms with Crippen molar-refractivity contribution in [1.82, 2.24) is 19.4 Å². The van der Waals surface area contributed by atoms with Crippen molar-refractivity contribution in [3.05, 3.63) is 76.4 Å². The van der Waals surface area contributed by atoms with Crippen LogP contribution < -0.4 is 10.5 Å². The minimum Gasteiger partial charge on any atom is -0.485 e. The Bertz CT molecular complexity index is 1370. The number of thiophene rings is 1. The summed E-state index contributed by atoms with van der Waals surface area (Å²) in [4.78, 5) is 10.1. The van der Waals surface area contributed by atoms with Crippen LogP contribution in [-0.4, -0.2) is 52.6 Å². The van der Waals surface area contributed by atoms with Crippen molar-refractivity contribution in [2.24, 2.45) is 5.73 Å². The first-order valence-corrected chi connectivity index (χ1v) is 13.1. The largest absolute Gasteiger partial charge is 0.485 e. The first kappa shape index (κ1) is 25.7. The van der Waals surface area contributed by atoms with E-state index in [0.29, 0.717) is 5.75 Å². The predicted molar refractivity (Wildman–Crippen MR) is 140 cm³/mol. The average Bonchev–Trinajstić information content (AvgIpc) is 3.48. The number of piperazine rings is 1. The van der Waals surface area contributed by atoms with Crippen molar-refractivity contribution >= 4 is 22.4 Å². The third-order valence-electron chi connectivity index (χ3n) is 6.80. The zero-order valence-electron chi connectivity index (χ0n) is 20.8. The molecular weight excluding hydrogens is 499 g/mol. The molecule has 0 spiro atoms. The van der Waals surface area contributed by atoms with E-state index in [2.05, 4.69) is 34.0 Å². The molecule has 0 amide bonds. The highest BCUT2D eigenvalue weighted by Crippen LogP contribution is 2.39. The van der Waals surface area contributed by atoms with E-state index in [1.807, 2.05) is 16.7 Å². The van der Waals surface area contributed by atoms with Crippen molar-refractivity contribution in [2.45, 2.75) is 32.3 Å². The van der Waals surface area contributed by atoms with E-state index in [9.17, 15) is 13.2 Å². The molecule has 4 aromatic rings. The minimum absolute atomic E-state index is 0.0901. The topological polar surface area (TPSA) is 59.5 Å². The number of nitrogens with two attached hydrogens (primary N) is 1. The molecule has 0 aliphatic carbocycles. The van der Waals surface area contributed by atoms with E-state index < -0.39 is 17.8 Å². The van der Waals surface area contributed by atoms with Crippen LogP contribution in [-0.2, 0) is 19.3 Å². The van der Waals surface area contributed by atoms with Gasteiger partial charge in [0.15, 0.2) is 0 Å². The molecule has 196 valence electrons. The van der Waals surface area contributed by atoms with E-state index in [1.165, 1.54) is 29.0 Å². The molecule has 1 unspecified atom stereocenters. The van der Waals surface area contributed by atoms with Gasteiger partial charge in [-0.1, -0.05) is 24.3 Å². The smallest absolute Gasteiger partial charge is 0.416 e. The molecule has 1 aliphatic rings. The first-order valence-electron chi connectivity index (χ1n) is 12.3. The van der Waals surface area contributed by atoms with Crippen molar-refractivity contribution in [3.63, 3.8) is 0 Å². The fourth-order valence-electron chi connectivity index (χ4n) is 4.71. The lowest BCUT2D eigenvalue weighted by Crippen LogP contribution is -2.43. The van der Waals surface area contributed by atoms with Gasteiger partial charge in [0.1, 0.15) is 23.2 Å². The number of likely N-dealkylation sites (N-methyl/N-ethyl adjacent to an activating group) is 1. The summed E-state index contributed by atoms with van der Waals surface area (Å²) < 4.78 is 48.7. The number of benzene rings is 2. The van der Waals surface area contributed by atoms with Crippen molar-refractivity contribution in [2.75, 3.05) is 33.2 Å². The molecule has 6 nitrogen and oxygen atoms in total. The van der Waals surface area contributed by atoms with Gasteiger partial charge in [0.2, 0.25) is 0 Å².